The molecule has 1 aliphatic rings. The molecule has 10 atom stereocenters. The second kappa shape index (κ2) is 25.7. The fraction of sp³-hybridized carbons (Fsp3) is 0.703. The fourth-order valence-electron chi connectivity index (χ4n) is 6.00. The average molecular weight is 871 g/mol. The summed E-state index contributed by atoms with van der Waals surface area (Å²) in [4.78, 5) is 145. The van der Waals surface area contributed by atoms with Crippen molar-refractivity contribution in [3.63, 3.8) is 0 Å². The molecule has 24 nitrogen and oxygen atoms in total. The van der Waals surface area contributed by atoms with E-state index in [1.807, 2.05) is 0 Å². The highest BCUT2D eigenvalue weighted by molar-refractivity contribution is 6.00. The third-order valence-electron chi connectivity index (χ3n) is 9.59. The van der Waals surface area contributed by atoms with Gasteiger partial charge in [-0.1, -0.05) is 34.1 Å². The van der Waals surface area contributed by atoms with Gasteiger partial charge >= 0.3 is 11.9 Å². The topological polar surface area (TPSA) is 397 Å². The number of aliphatic hydroxyl groups excluding tert-OH is 1. The lowest BCUT2D eigenvalue weighted by atomic mass is 9.96. The molecule has 0 unspecified atom stereocenters. The molecule has 1 rings (SSSR count). The average Bonchev–Trinajstić information content (AvgIpc) is 3.15. The Morgan fingerprint density at radius 1 is 0.574 bits per heavy atom. The van der Waals surface area contributed by atoms with Crippen molar-refractivity contribution in [2.24, 2.45) is 23.3 Å². The molecule has 9 amide bonds. The molecule has 0 spiro atoms. The van der Waals surface area contributed by atoms with Crippen LogP contribution < -0.4 is 54.0 Å². The quantitative estimate of drug-likeness (QED) is 0.0688. The second-order valence-corrected chi connectivity index (χ2v) is 15.4. The van der Waals surface area contributed by atoms with Gasteiger partial charge in [-0.3, -0.25) is 52.7 Å². The van der Waals surface area contributed by atoms with Crippen molar-refractivity contribution >= 4 is 65.1 Å². The van der Waals surface area contributed by atoms with E-state index in [4.69, 9.17) is 11.5 Å². The molecule has 1 saturated heterocycles. The number of rotatable bonds is 15. The fourth-order valence-corrected chi connectivity index (χ4v) is 6.00. The number of unbranched alkanes of at least 4 members (excludes halogenated alkanes) is 1. The number of carbonyl (C=O) groups is 11. The van der Waals surface area contributed by atoms with Crippen LogP contribution in [0.2, 0.25) is 0 Å². The summed E-state index contributed by atoms with van der Waals surface area (Å²) in [5, 5.41) is 48.2. The van der Waals surface area contributed by atoms with Crippen LogP contribution in [-0.4, -0.2) is 141 Å². The van der Waals surface area contributed by atoms with Gasteiger partial charge in [0.1, 0.15) is 48.3 Å². The SMILES string of the molecule is CC[C@H](C)[C@@H]1NC(=O)[C@H](CCCCN)NC(=O)[C@H]([C@@H](C)O)NC(=O)[C@H](C)NC(=O)[C@H](CC(=O)O)NC(=O)[C@H](CC(C)C)NC(=O)[C@H](CC(N)=O)NC(=O)[C@H](CC(=O)O)NC1=O. The predicted molar refractivity (Wildman–Crippen MR) is 213 cm³/mol. The minimum Gasteiger partial charge on any atom is -0.481 e. The van der Waals surface area contributed by atoms with Gasteiger partial charge < -0.3 is 69.3 Å². The van der Waals surface area contributed by atoms with E-state index in [1.165, 1.54) is 0 Å². The van der Waals surface area contributed by atoms with E-state index in [0.29, 0.717) is 6.42 Å². The van der Waals surface area contributed by atoms with Crippen LogP contribution in [0.25, 0.3) is 0 Å². The predicted octanol–water partition coefficient (Wildman–Crippen LogP) is -4.67. The Kier molecular flexibility index (Phi) is 22.3. The first kappa shape index (κ1) is 53.1. The lowest BCUT2D eigenvalue weighted by Gasteiger charge is -2.30. The molecule has 24 heteroatoms. The van der Waals surface area contributed by atoms with E-state index in [9.17, 15) is 68.1 Å². The highest BCUT2D eigenvalue weighted by Crippen LogP contribution is 2.13. The molecular weight excluding hydrogens is 808 g/mol. The normalized spacial score (nSPS) is 26.7. The first-order valence-electron chi connectivity index (χ1n) is 19.9. The first-order chi connectivity index (χ1) is 28.4. The number of hydrogen-bond acceptors (Lipinski definition) is 13. The van der Waals surface area contributed by atoms with E-state index >= 15 is 0 Å². The van der Waals surface area contributed by atoms with Crippen LogP contribution >= 0.6 is 0 Å². The van der Waals surface area contributed by atoms with Crippen molar-refractivity contribution in [1.82, 2.24) is 42.5 Å². The van der Waals surface area contributed by atoms with Gasteiger partial charge in [-0.05, 0) is 57.9 Å². The molecule has 61 heavy (non-hydrogen) atoms. The Hall–Kier alpha value is -5.91. The number of aliphatic hydroxyl groups is 1. The molecule has 1 fully saturated rings. The summed E-state index contributed by atoms with van der Waals surface area (Å²) in [6.07, 6.45) is -3.83. The number of primary amides is 1. The minimum atomic E-state index is -1.93. The smallest absolute Gasteiger partial charge is 0.305 e. The van der Waals surface area contributed by atoms with E-state index in [2.05, 4.69) is 42.5 Å². The maximum Gasteiger partial charge on any atom is 0.305 e. The van der Waals surface area contributed by atoms with Crippen molar-refractivity contribution in [1.29, 1.82) is 0 Å². The molecule has 15 N–H and O–H groups in total. The lowest BCUT2D eigenvalue weighted by Crippen LogP contribution is -2.63. The summed E-state index contributed by atoms with van der Waals surface area (Å²) in [6.45, 7) is 9.05. The summed E-state index contributed by atoms with van der Waals surface area (Å²) >= 11 is 0. The largest absolute Gasteiger partial charge is 0.481 e. The van der Waals surface area contributed by atoms with Crippen LogP contribution in [0.5, 0.6) is 0 Å². The van der Waals surface area contributed by atoms with Crippen LogP contribution in [0.15, 0.2) is 0 Å². The molecule has 0 aromatic rings. The standard InChI is InChI=1S/C37H62N10O14/c1-7-17(4)28-36(60)45-24(15-27(52)53)35(59)43-22(13-25(39)49)34(58)42-21(12-16(2)3)33(57)44-23(14-26(50)51)32(56)40-18(5)30(54)47-29(19(6)48)37(61)41-20(31(55)46-28)10-8-9-11-38/h16-24,28-29,48H,7-15,38H2,1-6H3,(H2,39,49)(H,40,56)(H,41,61)(H,42,58)(H,43,59)(H,44,57)(H,45,60)(H,46,55)(H,47,54)(H,50,51)(H,52,53)/t17-,18-,19+,20-,21-,22-,23-,24-,28-,29-/m0/s1. The molecular formula is C37H62N10O14. The maximum absolute atomic E-state index is 13.8. The zero-order valence-electron chi connectivity index (χ0n) is 35.2. The lowest BCUT2D eigenvalue weighted by molar-refractivity contribution is -0.143. The molecule has 1 heterocycles. The third kappa shape index (κ3) is 18.5. The number of carboxylic acids is 2. The third-order valence-corrected chi connectivity index (χ3v) is 9.59. The van der Waals surface area contributed by atoms with Gasteiger partial charge in [-0.25, -0.2) is 0 Å². The van der Waals surface area contributed by atoms with Gasteiger partial charge in [-0.2, -0.15) is 0 Å². The van der Waals surface area contributed by atoms with E-state index < -0.39 is 145 Å². The highest BCUT2D eigenvalue weighted by atomic mass is 16.4. The van der Waals surface area contributed by atoms with Gasteiger partial charge in [0.15, 0.2) is 0 Å². The number of amides is 9. The van der Waals surface area contributed by atoms with E-state index in [0.717, 1.165) is 13.8 Å². The first-order valence-corrected chi connectivity index (χ1v) is 19.9. The summed E-state index contributed by atoms with van der Waals surface area (Å²) in [5.41, 5.74) is 11.0. The highest BCUT2D eigenvalue weighted by Gasteiger charge is 2.38. The summed E-state index contributed by atoms with van der Waals surface area (Å²) in [7, 11) is 0. The zero-order chi connectivity index (χ0) is 46.7. The van der Waals surface area contributed by atoms with Gasteiger partial charge in [0, 0.05) is 0 Å². The molecule has 0 saturated carbocycles. The number of hydrogen-bond donors (Lipinski definition) is 13. The van der Waals surface area contributed by atoms with Crippen LogP contribution in [0.3, 0.4) is 0 Å². The molecule has 0 bridgehead atoms. The van der Waals surface area contributed by atoms with Gasteiger partial charge in [-0.15, -0.1) is 0 Å². The molecule has 344 valence electrons. The Balaban J connectivity index is 3.94. The van der Waals surface area contributed by atoms with Gasteiger partial charge in [0.25, 0.3) is 0 Å². The van der Waals surface area contributed by atoms with Crippen LogP contribution in [0, 0.1) is 11.8 Å². The van der Waals surface area contributed by atoms with Crippen LogP contribution in [0.4, 0.5) is 0 Å². The van der Waals surface area contributed by atoms with Crippen molar-refractivity contribution in [3.05, 3.63) is 0 Å². The van der Waals surface area contributed by atoms with Crippen LogP contribution in [-0.2, 0) is 52.7 Å². The molecule has 0 aliphatic carbocycles. The molecule has 0 radical (unpaired) electrons. The number of nitrogens with one attached hydrogen (secondary N) is 8. The minimum absolute atomic E-state index is 0.0569. The number of nitrogens with two attached hydrogens (primary N) is 2. The van der Waals surface area contributed by atoms with Gasteiger partial charge in [0.05, 0.1) is 25.4 Å². The Morgan fingerprint density at radius 3 is 1.44 bits per heavy atom. The number of carbonyl (C=O) groups excluding carboxylic acids is 9. The monoisotopic (exact) mass is 870 g/mol. The second-order valence-electron chi connectivity index (χ2n) is 15.4. The summed E-state index contributed by atoms with van der Waals surface area (Å²) in [5.74, 6) is -14.1. The molecule has 0 aromatic heterocycles. The van der Waals surface area contributed by atoms with Crippen LogP contribution in [0.1, 0.15) is 92.9 Å². The summed E-state index contributed by atoms with van der Waals surface area (Å²) in [6, 6.07) is -13.3. The van der Waals surface area contributed by atoms with Crippen molar-refractivity contribution in [2.45, 2.75) is 147 Å². The summed E-state index contributed by atoms with van der Waals surface area (Å²) < 4.78 is 0. The van der Waals surface area contributed by atoms with E-state index in [-0.39, 0.29) is 38.1 Å². The Labute approximate surface area is 352 Å². The van der Waals surface area contributed by atoms with Gasteiger partial charge in [0.2, 0.25) is 53.2 Å². The Morgan fingerprint density at radius 2 is 0.984 bits per heavy atom. The zero-order valence-corrected chi connectivity index (χ0v) is 35.2. The number of carboxylic acid groups (broad SMARTS) is 2. The van der Waals surface area contributed by atoms with Crippen molar-refractivity contribution in [3.8, 4) is 0 Å². The molecule has 1 aliphatic heterocycles. The van der Waals surface area contributed by atoms with Crippen molar-refractivity contribution < 1.29 is 68.1 Å². The Bertz CT molecular complexity index is 1630. The van der Waals surface area contributed by atoms with E-state index in [1.54, 1.807) is 27.7 Å². The van der Waals surface area contributed by atoms with Crippen molar-refractivity contribution in [2.75, 3.05) is 6.54 Å². The number of aliphatic carboxylic acids is 2. The molecule has 0 aromatic carbocycles. The maximum atomic E-state index is 13.8.